The van der Waals surface area contributed by atoms with E-state index < -0.39 is 0 Å². The number of benzene rings is 1. The number of aromatic nitrogens is 3. The molecule has 0 fully saturated rings. The Morgan fingerprint density at radius 1 is 1.20 bits per heavy atom. The summed E-state index contributed by atoms with van der Waals surface area (Å²) >= 11 is 20.9. The second kappa shape index (κ2) is 5.33. The van der Waals surface area contributed by atoms with Gasteiger partial charge in [0, 0.05) is 5.02 Å². The molecule has 0 aliphatic heterocycles. The second-order valence-electron chi connectivity index (χ2n) is 4.21. The van der Waals surface area contributed by atoms with Gasteiger partial charge in [0.25, 0.3) is 0 Å². The van der Waals surface area contributed by atoms with Crippen LogP contribution in [0.1, 0.15) is 5.69 Å². The molecule has 2 heterocycles. The first-order valence-corrected chi connectivity index (χ1v) is 7.86. The number of aryl methyl sites for hydroxylation is 1. The van der Waals surface area contributed by atoms with Crippen molar-refractivity contribution in [1.82, 2.24) is 14.6 Å². The van der Waals surface area contributed by atoms with E-state index in [-0.39, 0.29) is 0 Å². The fraction of sp³-hybridized carbons (Fsp3) is 0.0769. The molecule has 2 aromatic heterocycles. The van der Waals surface area contributed by atoms with Crippen molar-refractivity contribution in [2.45, 2.75) is 6.92 Å². The van der Waals surface area contributed by atoms with Crippen molar-refractivity contribution in [1.29, 1.82) is 0 Å². The zero-order chi connectivity index (χ0) is 14.4. The minimum Gasteiger partial charge on any atom is -0.215 e. The number of fused-ring (bicyclic) bond motifs is 1. The van der Waals surface area contributed by atoms with E-state index in [1.54, 1.807) is 16.6 Å². The van der Waals surface area contributed by atoms with Gasteiger partial charge >= 0.3 is 0 Å². The van der Waals surface area contributed by atoms with Gasteiger partial charge in [-0.2, -0.15) is 5.10 Å². The molecule has 0 saturated heterocycles. The Kier molecular flexibility index (Phi) is 3.83. The lowest BCUT2D eigenvalue weighted by Gasteiger charge is -2.08. The summed E-state index contributed by atoms with van der Waals surface area (Å²) in [5.74, 6) is 0. The number of hydrogen-bond donors (Lipinski definition) is 0. The van der Waals surface area contributed by atoms with Gasteiger partial charge < -0.3 is 0 Å². The molecule has 0 spiro atoms. The van der Waals surface area contributed by atoms with Crippen LogP contribution in [-0.2, 0) is 0 Å². The average molecular weight is 438 g/mol. The molecule has 0 N–H and O–H groups in total. The molecular weight excluding hydrogens is 431 g/mol. The molecule has 0 atom stereocenters. The predicted octanol–water partition coefficient (Wildman–Crippen LogP) is 5.27. The summed E-state index contributed by atoms with van der Waals surface area (Å²) in [6.45, 7) is 1.90. The van der Waals surface area contributed by atoms with Crippen LogP contribution in [0.2, 0.25) is 15.3 Å². The fourth-order valence-corrected chi connectivity index (χ4v) is 3.24. The lowest BCUT2D eigenvalue weighted by molar-refractivity contribution is 0.919. The van der Waals surface area contributed by atoms with Gasteiger partial charge in [0.1, 0.15) is 10.3 Å². The molecule has 0 bridgehead atoms. The number of halogens is 4. The lowest BCUT2D eigenvalue weighted by atomic mass is 10.1. The van der Waals surface area contributed by atoms with Crippen molar-refractivity contribution in [3.8, 4) is 11.1 Å². The molecule has 3 aromatic rings. The van der Waals surface area contributed by atoms with Gasteiger partial charge in [-0.1, -0.05) is 46.9 Å². The van der Waals surface area contributed by atoms with E-state index in [4.69, 9.17) is 34.8 Å². The monoisotopic (exact) mass is 437 g/mol. The van der Waals surface area contributed by atoms with Gasteiger partial charge in [0.15, 0.2) is 5.65 Å². The predicted molar refractivity (Wildman–Crippen MR) is 90.9 cm³/mol. The highest BCUT2D eigenvalue weighted by Crippen LogP contribution is 2.36. The van der Waals surface area contributed by atoms with Crippen LogP contribution >= 0.6 is 57.4 Å². The maximum atomic E-state index is 6.45. The summed E-state index contributed by atoms with van der Waals surface area (Å²) in [4.78, 5) is 4.39. The van der Waals surface area contributed by atoms with Gasteiger partial charge in [-0.25, -0.2) is 9.50 Å². The topological polar surface area (TPSA) is 30.2 Å². The third-order valence-electron chi connectivity index (χ3n) is 2.88. The van der Waals surface area contributed by atoms with Crippen LogP contribution in [0.5, 0.6) is 0 Å². The highest BCUT2D eigenvalue weighted by atomic mass is 127. The highest BCUT2D eigenvalue weighted by molar-refractivity contribution is 14.1. The van der Waals surface area contributed by atoms with Crippen molar-refractivity contribution in [3.63, 3.8) is 0 Å². The van der Waals surface area contributed by atoms with Crippen LogP contribution in [0.4, 0.5) is 0 Å². The Bertz CT molecular complexity index is 829. The summed E-state index contributed by atoms with van der Waals surface area (Å²) < 4.78 is 2.53. The van der Waals surface area contributed by atoms with E-state index in [0.29, 0.717) is 26.5 Å². The smallest absolute Gasteiger partial charge is 0.172 e. The van der Waals surface area contributed by atoms with E-state index >= 15 is 0 Å². The summed E-state index contributed by atoms with van der Waals surface area (Å²) in [7, 11) is 0. The van der Waals surface area contributed by atoms with Gasteiger partial charge in [-0.15, -0.1) is 0 Å². The van der Waals surface area contributed by atoms with Crippen LogP contribution in [0.25, 0.3) is 16.8 Å². The zero-order valence-corrected chi connectivity index (χ0v) is 14.6. The van der Waals surface area contributed by atoms with Crippen LogP contribution in [-0.4, -0.2) is 14.6 Å². The lowest BCUT2D eigenvalue weighted by Crippen LogP contribution is -1.97. The Morgan fingerprint density at radius 2 is 1.95 bits per heavy atom. The molecule has 1 aromatic carbocycles. The maximum Gasteiger partial charge on any atom is 0.172 e. The summed E-state index contributed by atoms with van der Waals surface area (Å²) in [6.07, 6.45) is 0. The first-order chi connectivity index (χ1) is 9.49. The van der Waals surface area contributed by atoms with Crippen LogP contribution < -0.4 is 0 Å². The Morgan fingerprint density at radius 3 is 2.65 bits per heavy atom. The number of hydrogen-bond acceptors (Lipinski definition) is 2. The van der Waals surface area contributed by atoms with Gasteiger partial charge in [0.2, 0.25) is 0 Å². The standard InChI is InChI=1S/C13H7Cl3IN3/c1-6-10(17)13-18-11(15)9(12(16)20(13)19-6)7-3-2-4-8(14)5-7/h2-5H,1H3. The van der Waals surface area contributed by atoms with Gasteiger partial charge in [-0.3, -0.25) is 0 Å². The molecule has 0 radical (unpaired) electrons. The molecule has 7 heteroatoms. The average Bonchev–Trinajstić information content (AvgIpc) is 2.67. The van der Waals surface area contributed by atoms with Crippen molar-refractivity contribution in [3.05, 3.63) is 48.9 Å². The van der Waals surface area contributed by atoms with Crippen LogP contribution in [0, 0.1) is 10.5 Å². The van der Waals surface area contributed by atoms with E-state index in [1.807, 2.05) is 19.1 Å². The van der Waals surface area contributed by atoms with Crippen molar-refractivity contribution >= 4 is 63.0 Å². The Labute approximate surface area is 144 Å². The highest BCUT2D eigenvalue weighted by Gasteiger charge is 2.18. The van der Waals surface area contributed by atoms with Crippen LogP contribution in [0.15, 0.2) is 24.3 Å². The second-order valence-corrected chi connectivity index (χ2v) is 6.44. The Hall–Kier alpha value is -0.560. The first-order valence-electron chi connectivity index (χ1n) is 5.65. The SMILES string of the molecule is Cc1nn2c(Cl)c(-c3cccc(Cl)c3)c(Cl)nc2c1I. The quantitative estimate of drug-likeness (QED) is 0.383. The van der Waals surface area contributed by atoms with E-state index in [9.17, 15) is 0 Å². The first kappa shape index (κ1) is 14.4. The van der Waals surface area contributed by atoms with E-state index in [1.165, 1.54) is 0 Å². The summed E-state index contributed by atoms with van der Waals surface area (Å²) in [5, 5.41) is 5.76. The van der Waals surface area contributed by atoms with Crippen molar-refractivity contribution < 1.29 is 0 Å². The molecule has 102 valence electrons. The Balaban J connectivity index is 2.37. The third kappa shape index (κ3) is 2.28. The van der Waals surface area contributed by atoms with E-state index in [0.717, 1.165) is 14.8 Å². The zero-order valence-electron chi connectivity index (χ0n) is 10.2. The molecule has 3 nitrogen and oxygen atoms in total. The number of rotatable bonds is 1. The number of nitrogens with zero attached hydrogens (tertiary/aromatic N) is 3. The summed E-state index contributed by atoms with van der Waals surface area (Å²) in [6, 6.07) is 7.31. The molecule has 0 amide bonds. The van der Waals surface area contributed by atoms with Gasteiger partial charge in [-0.05, 0) is 47.2 Å². The van der Waals surface area contributed by atoms with Crippen molar-refractivity contribution in [2.75, 3.05) is 0 Å². The van der Waals surface area contributed by atoms with Crippen molar-refractivity contribution in [2.24, 2.45) is 0 Å². The molecular formula is C13H7Cl3IN3. The molecule has 0 aliphatic rings. The third-order valence-corrected chi connectivity index (χ3v) is 5.00. The van der Waals surface area contributed by atoms with Crippen LogP contribution in [0.3, 0.4) is 0 Å². The normalized spacial score (nSPS) is 11.2. The minimum absolute atomic E-state index is 0.336. The molecule has 0 aliphatic carbocycles. The molecule has 0 unspecified atom stereocenters. The maximum absolute atomic E-state index is 6.45. The largest absolute Gasteiger partial charge is 0.215 e. The molecule has 3 rings (SSSR count). The minimum atomic E-state index is 0.336. The fourth-order valence-electron chi connectivity index (χ4n) is 1.95. The summed E-state index contributed by atoms with van der Waals surface area (Å²) in [5.41, 5.74) is 2.95. The van der Waals surface area contributed by atoms with Gasteiger partial charge in [0.05, 0.1) is 14.8 Å². The molecule has 0 saturated carbocycles. The molecule has 20 heavy (non-hydrogen) atoms. The van der Waals surface area contributed by atoms with E-state index in [2.05, 4.69) is 32.7 Å².